The van der Waals surface area contributed by atoms with Gasteiger partial charge in [0.25, 0.3) is 11.1 Å². The molecule has 0 unspecified atom stereocenters. The van der Waals surface area contributed by atoms with Gasteiger partial charge >= 0.3 is 5.69 Å². The molecule has 1 aliphatic heterocycles. The molecule has 1 fully saturated rings. The molecule has 0 bridgehead atoms. The van der Waals surface area contributed by atoms with Crippen molar-refractivity contribution in [2.45, 2.75) is 20.4 Å². The van der Waals surface area contributed by atoms with Crippen LogP contribution in [0.5, 0.6) is 0 Å². The Morgan fingerprint density at radius 2 is 1.97 bits per heavy atom. The molecule has 1 aliphatic rings. The Morgan fingerprint density at radius 3 is 2.58 bits per heavy atom. The highest BCUT2D eigenvalue weighted by molar-refractivity contribution is 8.18. The molecule has 0 atom stereocenters. The fourth-order valence-electron chi connectivity index (χ4n) is 3.01. The number of halogens is 1. The first kappa shape index (κ1) is 22.2. The van der Waals surface area contributed by atoms with Gasteiger partial charge in [-0.15, -0.1) is 0 Å². The van der Waals surface area contributed by atoms with Crippen LogP contribution in [0.2, 0.25) is 0 Å². The molecule has 0 saturated carbocycles. The van der Waals surface area contributed by atoms with E-state index in [-0.39, 0.29) is 41.6 Å². The van der Waals surface area contributed by atoms with Crippen molar-refractivity contribution in [2.24, 2.45) is 0 Å². The summed E-state index contributed by atoms with van der Waals surface area (Å²) < 4.78 is 14.2. The second kappa shape index (κ2) is 9.08. The summed E-state index contributed by atoms with van der Waals surface area (Å²) in [6.07, 6.45) is 1.50. The third kappa shape index (κ3) is 4.97. The second-order valence-corrected chi connectivity index (χ2v) is 7.66. The molecule has 3 rings (SSSR count). The Balaban J connectivity index is 1.55. The lowest BCUT2D eigenvalue weighted by Gasteiger charge is -2.13. The van der Waals surface area contributed by atoms with Gasteiger partial charge in [-0.2, -0.15) is 5.10 Å². The molecule has 10 nitrogen and oxygen atoms in total. The van der Waals surface area contributed by atoms with Crippen molar-refractivity contribution in [2.75, 3.05) is 13.1 Å². The summed E-state index contributed by atoms with van der Waals surface area (Å²) in [4.78, 5) is 48.4. The van der Waals surface area contributed by atoms with Crippen LogP contribution in [0, 0.1) is 29.8 Å². The van der Waals surface area contributed by atoms with Crippen LogP contribution in [0.1, 0.15) is 17.0 Å². The first-order valence-corrected chi connectivity index (χ1v) is 9.95. The fourth-order valence-corrected chi connectivity index (χ4v) is 3.87. The number of aryl methyl sites for hydroxylation is 1. The molecule has 2 heterocycles. The quantitative estimate of drug-likeness (QED) is 0.392. The van der Waals surface area contributed by atoms with E-state index in [0.29, 0.717) is 5.56 Å². The van der Waals surface area contributed by atoms with E-state index in [0.717, 1.165) is 16.7 Å². The predicted molar refractivity (Wildman–Crippen MR) is 110 cm³/mol. The van der Waals surface area contributed by atoms with E-state index < -0.39 is 27.8 Å². The van der Waals surface area contributed by atoms with E-state index in [2.05, 4.69) is 10.4 Å². The zero-order valence-corrected chi connectivity index (χ0v) is 17.4. The van der Waals surface area contributed by atoms with Crippen LogP contribution in [-0.2, 0) is 16.1 Å². The van der Waals surface area contributed by atoms with Gasteiger partial charge in [0.15, 0.2) is 0 Å². The zero-order valence-electron chi connectivity index (χ0n) is 16.6. The number of benzene rings is 1. The summed E-state index contributed by atoms with van der Waals surface area (Å²) in [5.74, 6) is -1.37. The average Bonchev–Trinajstić information content (AvgIpc) is 3.12. The second-order valence-electron chi connectivity index (χ2n) is 6.67. The van der Waals surface area contributed by atoms with Crippen molar-refractivity contribution in [3.05, 3.63) is 62.1 Å². The lowest BCUT2D eigenvalue weighted by Crippen LogP contribution is -2.38. The lowest BCUT2D eigenvalue weighted by molar-refractivity contribution is -0.386. The highest BCUT2D eigenvalue weighted by Crippen LogP contribution is 2.31. The van der Waals surface area contributed by atoms with Crippen molar-refractivity contribution < 1.29 is 23.7 Å². The summed E-state index contributed by atoms with van der Waals surface area (Å²) in [5.41, 5.74) is 0.910. The minimum absolute atomic E-state index is 0.0160. The number of rotatable bonds is 7. The SMILES string of the molecule is Cc1nn(CC(=O)NCCN2C(=O)S/C(=C\c3ccc(F)cc3)C2=O)c(C)c1[N+](=O)[O-]. The maximum absolute atomic E-state index is 13.0. The Hall–Kier alpha value is -3.54. The van der Waals surface area contributed by atoms with Crippen LogP contribution in [0.3, 0.4) is 0 Å². The molecule has 1 N–H and O–H groups in total. The van der Waals surface area contributed by atoms with Crippen molar-refractivity contribution in [3.8, 4) is 0 Å². The number of hydrogen-bond acceptors (Lipinski definition) is 7. The Morgan fingerprint density at radius 1 is 1.29 bits per heavy atom. The van der Waals surface area contributed by atoms with Gasteiger partial charge in [-0.25, -0.2) is 4.39 Å². The zero-order chi connectivity index (χ0) is 22.7. The molecule has 0 aliphatic carbocycles. The molecular weight excluding hydrogens is 429 g/mol. The number of amides is 3. The van der Waals surface area contributed by atoms with Gasteiger partial charge in [0.1, 0.15) is 23.7 Å². The van der Waals surface area contributed by atoms with Gasteiger partial charge in [0.2, 0.25) is 5.91 Å². The van der Waals surface area contributed by atoms with Crippen LogP contribution < -0.4 is 5.32 Å². The Labute approximate surface area is 180 Å². The summed E-state index contributed by atoms with van der Waals surface area (Å²) >= 11 is 0.765. The van der Waals surface area contributed by atoms with Crippen LogP contribution in [0.25, 0.3) is 6.08 Å². The molecule has 3 amide bonds. The number of imide groups is 1. The largest absolute Gasteiger partial charge is 0.353 e. The number of nitro groups is 1. The van der Waals surface area contributed by atoms with Crippen molar-refractivity contribution in [1.82, 2.24) is 20.0 Å². The minimum atomic E-state index is -0.550. The van der Waals surface area contributed by atoms with Crippen LogP contribution in [0.15, 0.2) is 29.2 Å². The summed E-state index contributed by atoms with van der Waals surface area (Å²) in [5, 5.41) is 17.1. The maximum Gasteiger partial charge on any atom is 0.312 e. The molecule has 12 heteroatoms. The monoisotopic (exact) mass is 447 g/mol. The molecule has 31 heavy (non-hydrogen) atoms. The van der Waals surface area contributed by atoms with E-state index >= 15 is 0 Å². The molecule has 1 saturated heterocycles. The smallest absolute Gasteiger partial charge is 0.312 e. The number of hydrogen-bond donors (Lipinski definition) is 1. The van der Waals surface area contributed by atoms with Crippen LogP contribution in [-0.4, -0.2) is 49.7 Å². The highest BCUT2D eigenvalue weighted by atomic mass is 32.2. The number of carbonyl (C=O) groups is 3. The number of thioether (sulfide) groups is 1. The van der Waals surface area contributed by atoms with E-state index in [1.807, 2.05) is 0 Å². The molecular formula is C19H18FN5O5S. The van der Waals surface area contributed by atoms with Crippen molar-refractivity contribution >= 4 is 40.6 Å². The normalized spacial score (nSPS) is 15.1. The third-order valence-electron chi connectivity index (χ3n) is 4.52. The number of carbonyl (C=O) groups excluding carboxylic acids is 3. The molecule has 0 spiro atoms. The first-order valence-electron chi connectivity index (χ1n) is 9.13. The van der Waals surface area contributed by atoms with E-state index in [4.69, 9.17) is 0 Å². The van der Waals surface area contributed by atoms with Gasteiger partial charge in [-0.05, 0) is 49.4 Å². The van der Waals surface area contributed by atoms with Gasteiger partial charge in [0, 0.05) is 13.1 Å². The van der Waals surface area contributed by atoms with Gasteiger partial charge in [-0.3, -0.25) is 34.1 Å². The number of aromatic nitrogens is 2. The molecule has 0 radical (unpaired) electrons. The lowest BCUT2D eigenvalue weighted by atomic mass is 10.2. The average molecular weight is 447 g/mol. The van der Waals surface area contributed by atoms with Crippen LogP contribution in [0.4, 0.5) is 14.9 Å². The molecule has 162 valence electrons. The number of nitrogens with one attached hydrogen (secondary N) is 1. The summed E-state index contributed by atoms with van der Waals surface area (Å²) in [7, 11) is 0. The van der Waals surface area contributed by atoms with Crippen molar-refractivity contribution in [1.29, 1.82) is 0 Å². The maximum atomic E-state index is 13.0. The van der Waals surface area contributed by atoms with E-state index in [1.165, 1.54) is 48.9 Å². The first-order chi connectivity index (χ1) is 14.7. The highest BCUT2D eigenvalue weighted by Gasteiger charge is 2.34. The van der Waals surface area contributed by atoms with E-state index in [9.17, 15) is 28.9 Å². The molecule has 1 aromatic carbocycles. The van der Waals surface area contributed by atoms with Gasteiger partial charge < -0.3 is 5.32 Å². The van der Waals surface area contributed by atoms with Gasteiger partial charge in [-0.1, -0.05) is 12.1 Å². The van der Waals surface area contributed by atoms with Crippen molar-refractivity contribution in [3.63, 3.8) is 0 Å². The number of nitrogens with zero attached hydrogens (tertiary/aromatic N) is 4. The predicted octanol–water partition coefficient (Wildman–Crippen LogP) is 2.40. The van der Waals surface area contributed by atoms with Crippen LogP contribution >= 0.6 is 11.8 Å². The summed E-state index contributed by atoms with van der Waals surface area (Å²) in [6, 6.07) is 5.49. The Bertz CT molecular complexity index is 1100. The van der Waals surface area contributed by atoms with E-state index in [1.54, 1.807) is 0 Å². The standard InChI is InChI=1S/C19H18FN5O5S/c1-11-17(25(29)30)12(2)24(22-11)10-16(26)21-7-8-23-18(27)15(31-19(23)28)9-13-3-5-14(20)6-4-13/h3-6,9H,7-8,10H2,1-2H3,(H,21,26)/b15-9-. The van der Waals surface area contributed by atoms with Gasteiger partial charge in [0.05, 0.1) is 9.83 Å². The molecule has 1 aromatic heterocycles. The minimum Gasteiger partial charge on any atom is -0.353 e. The Kier molecular flexibility index (Phi) is 6.49. The molecule has 2 aromatic rings. The third-order valence-corrected chi connectivity index (χ3v) is 5.43. The summed E-state index contributed by atoms with van der Waals surface area (Å²) in [6.45, 7) is 2.74. The topological polar surface area (TPSA) is 127 Å². The fraction of sp³-hybridized carbons (Fsp3) is 0.263.